The second-order valence-corrected chi connectivity index (χ2v) is 5.59. The Morgan fingerprint density at radius 1 is 1.15 bits per heavy atom. The first-order valence-corrected chi connectivity index (χ1v) is 7.27. The molecule has 0 radical (unpaired) electrons. The van der Waals surface area contributed by atoms with Crippen LogP contribution in [0.5, 0.6) is 0 Å². The highest BCUT2D eigenvalue weighted by atomic mass is 19.1. The minimum Gasteiger partial charge on any atom is -0.319 e. The van der Waals surface area contributed by atoms with Crippen molar-refractivity contribution in [2.24, 2.45) is 5.92 Å². The van der Waals surface area contributed by atoms with E-state index >= 15 is 0 Å². The third-order valence-electron chi connectivity index (χ3n) is 4.32. The Morgan fingerprint density at radius 2 is 1.95 bits per heavy atom. The van der Waals surface area contributed by atoms with E-state index < -0.39 is 0 Å². The normalized spacial score (nSPS) is 21.5. The Hall–Kier alpha value is -1.67. The van der Waals surface area contributed by atoms with Crippen molar-refractivity contribution in [3.05, 3.63) is 71.0 Å². The smallest absolute Gasteiger partial charge is 0.123 e. The van der Waals surface area contributed by atoms with Gasteiger partial charge in [-0.1, -0.05) is 36.4 Å². The maximum absolute atomic E-state index is 13.5. The molecule has 0 heterocycles. The van der Waals surface area contributed by atoms with Crippen LogP contribution < -0.4 is 5.32 Å². The van der Waals surface area contributed by atoms with Gasteiger partial charge in [-0.25, -0.2) is 4.39 Å². The van der Waals surface area contributed by atoms with Gasteiger partial charge in [-0.3, -0.25) is 0 Å². The summed E-state index contributed by atoms with van der Waals surface area (Å²) in [5.74, 6) is 0.816. The highest BCUT2D eigenvalue weighted by molar-refractivity contribution is 5.41. The van der Waals surface area contributed by atoms with Gasteiger partial charge in [0.15, 0.2) is 0 Å². The van der Waals surface area contributed by atoms with Crippen molar-refractivity contribution in [1.29, 1.82) is 0 Å². The highest BCUT2D eigenvalue weighted by Crippen LogP contribution is 2.40. The molecular weight excluding hydrogens is 249 g/mol. The molecule has 0 spiro atoms. The van der Waals surface area contributed by atoms with E-state index in [4.69, 9.17) is 0 Å². The van der Waals surface area contributed by atoms with Gasteiger partial charge in [0, 0.05) is 5.92 Å². The first-order valence-electron chi connectivity index (χ1n) is 7.27. The van der Waals surface area contributed by atoms with E-state index in [1.165, 1.54) is 16.7 Å². The van der Waals surface area contributed by atoms with E-state index in [1.807, 2.05) is 19.2 Å². The molecule has 0 amide bonds. The summed E-state index contributed by atoms with van der Waals surface area (Å²) in [7, 11) is 2.00. The van der Waals surface area contributed by atoms with E-state index in [1.54, 1.807) is 12.1 Å². The van der Waals surface area contributed by atoms with Crippen molar-refractivity contribution < 1.29 is 4.39 Å². The van der Waals surface area contributed by atoms with Gasteiger partial charge < -0.3 is 5.32 Å². The fourth-order valence-electron chi connectivity index (χ4n) is 3.45. The molecule has 1 nitrogen and oxygen atoms in total. The molecule has 2 aromatic rings. The molecule has 0 aliphatic heterocycles. The highest BCUT2D eigenvalue weighted by Gasteiger charge is 2.30. The molecule has 0 unspecified atom stereocenters. The molecule has 0 saturated carbocycles. The molecule has 1 aliphatic carbocycles. The minimum absolute atomic E-state index is 0.123. The average molecular weight is 269 g/mol. The lowest BCUT2D eigenvalue weighted by Crippen LogP contribution is -2.29. The lowest BCUT2D eigenvalue weighted by atomic mass is 9.72. The van der Waals surface area contributed by atoms with Crippen LogP contribution in [0.1, 0.15) is 29.0 Å². The number of fused-ring (bicyclic) bond motifs is 1. The molecule has 0 saturated heterocycles. The Morgan fingerprint density at radius 3 is 2.70 bits per heavy atom. The number of halogens is 1. The van der Waals surface area contributed by atoms with E-state index in [0.717, 1.165) is 19.4 Å². The number of benzene rings is 2. The van der Waals surface area contributed by atoms with Gasteiger partial charge in [0.2, 0.25) is 0 Å². The van der Waals surface area contributed by atoms with Crippen LogP contribution >= 0.6 is 0 Å². The SMILES string of the molecule is CNC[C@@H]1CCc2cc(F)ccc2[C@@H]1c1ccccc1. The largest absolute Gasteiger partial charge is 0.319 e. The lowest BCUT2D eigenvalue weighted by Gasteiger charge is -2.34. The predicted octanol–water partition coefficient (Wildman–Crippen LogP) is 3.74. The third kappa shape index (κ3) is 2.48. The van der Waals surface area contributed by atoms with Gasteiger partial charge in [0.05, 0.1) is 0 Å². The van der Waals surface area contributed by atoms with Crippen molar-refractivity contribution in [3.63, 3.8) is 0 Å². The molecule has 0 fully saturated rings. The van der Waals surface area contributed by atoms with Crippen LogP contribution in [0.25, 0.3) is 0 Å². The summed E-state index contributed by atoms with van der Waals surface area (Å²) >= 11 is 0. The summed E-state index contributed by atoms with van der Waals surface area (Å²) in [6.07, 6.45) is 2.08. The summed E-state index contributed by atoms with van der Waals surface area (Å²) < 4.78 is 13.5. The molecule has 1 N–H and O–H groups in total. The third-order valence-corrected chi connectivity index (χ3v) is 4.32. The van der Waals surface area contributed by atoms with Crippen LogP contribution in [0, 0.1) is 11.7 Å². The Balaban J connectivity index is 2.06. The van der Waals surface area contributed by atoms with E-state index in [0.29, 0.717) is 11.8 Å². The fourth-order valence-corrected chi connectivity index (χ4v) is 3.45. The average Bonchev–Trinajstić information content (AvgIpc) is 2.48. The maximum atomic E-state index is 13.5. The molecule has 2 aromatic carbocycles. The zero-order valence-electron chi connectivity index (χ0n) is 11.8. The summed E-state index contributed by atoms with van der Waals surface area (Å²) in [4.78, 5) is 0. The van der Waals surface area contributed by atoms with Gasteiger partial charge in [0.1, 0.15) is 5.82 Å². The van der Waals surface area contributed by atoms with Crippen molar-refractivity contribution in [3.8, 4) is 0 Å². The van der Waals surface area contributed by atoms with Gasteiger partial charge in [-0.15, -0.1) is 0 Å². The molecule has 2 atom stereocenters. The Bertz CT molecular complexity index is 579. The predicted molar refractivity (Wildman–Crippen MR) is 80.4 cm³/mol. The van der Waals surface area contributed by atoms with Crippen LogP contribution in [0.15, 0.2) is 48.5 Å². The molecular formula is C18H20FN. The summed E-state index contributed by atoms with van der Waals surface area (Å²) in [5, 5.41) is 3.31. The molecule has 2 heteroatoms. The molecule has 104 valence electrons. The first kappa shape index (κ1) is 13.3. The van der Waals surface area contributed by atoms with Crippen LogP contribution in [-0.2, 0) is 6.42 Å². The summed E-state index contributed by atoms with van der Waals surface area (Å²) in [6, 6.07) is 15.9. The van der Waals surface area contributed by atoms with Crippen molar-refractivity contribution in [2.75, 3.05) is 13.6 Å². The van der Waals surface area contributed by atoms with Crippen molar-refractivity contribution in [2.45, 2.75) is 18.8 Å². The number of hydrogen-bond donors (Lipinski definition) is 1. The zero-order valence-corrected chi connectivity index (χ0v) is 11.8. The lowest BCUT2D eigenvalue weighted by molar-refractivity contribution is 0.394. The Kier molecular flexibility index (Phi) is 3.83. The molecule has 0 aromatic heterocycles. The molecule has 0 bridgehead atoms. The van der Waals surface area contributed by atoms with Crippen LogP contribution in [0.3, 0.4) is 0 Å². The number of aryl methyl sites for hydroxylation is 1. The number of hydrogen-bond acceptors (Lipinski definition) is 1. The minimum atomic E-state index is -0.123. The maximum Gasteiger partial charge on any atom is 0.123 e. The second kappa shape index (κ2) is 5.76. The monoisotopic (exact) mass is 269 g/mol. The second-order valence-electron chi connectivity index (χ2n) is 5.59. The molecule has 3 rings (SSSR count). The fraction of sp³-hybridized carbons (Fsp3) is 0.333. The van der Waals surface area contributed by atoms with Gasteiger partial charge in [-0.2, -0.15) is 0 Å². The van der Waals surface area contributed by atoms with Crippen LogP contribution in [0.2, 0.25) is 0 Å². The van der Waals surface area contributed by atoms with E-state index in [2.05, 4.69) is 29.6 Å². The standard InChI is InChI=1S/C18H20FN/c1-20-12-15-8-7-14-11-16(19)9-10-17(14)18(15)13-5-3-2-4-6-13/h2-6,9-11,15,18,20H,7-8,12H2,1H3/t15-,18+/m0/s1. The van der Waals surface area contributed by atoms with Crippen LogP contribution in [0.4, 0.5) is 4.39 Å². The van der Waals surface area contributed by atoms with Gasteiger partial charge in [0.25, 0.3) is 0 Å². The van der Waals surface area contributed by atoms with E-state index in [-0.39, 0.29) is 5.82 Å². The van der Waals surface area contributed by atoms with Gasteiger partial charge in [-0.05, 0) is 61.2 Å². The molecule has 1 aliphatic rings. The first-order chi connectivity index (χ1) is 9.79. The quantitative estimate of drug-likeness (QED) is 0.895. The van der Waals surface area contributed by atoms with E-state index in [9.17, 15) is 4.39 Å². The van der Waals surface area contributed by atoms with Crippen molar-refractivity contribution >= 4 is 0 Å². The topological polar surface area (TPSA) is 12.0 Å². The molecule has 20 heavy (non-hydrogen) atoms. The van der Waals surface area contributed by atoms with Gasteiger partial charge >= 0.3 is 0 Å². The number of rotatable bonds is 3. The summed E-state index contributed by atoms with van der Waals surface area (Å²) in [6.45, 7) is 0.996. The Labute approximate surface area is 119 Å². The summed E-state index contributed by atoms with van der Waals surface area (Å²) in [5.41, 5.74) is 3.80. The van der Waals surface area contributed by atoms with Crippen molar-refractivity contribution in [1.82, 2.24) is 5.32 Å². The van der Waals surface area contributed by atoms with Crippen LogP contribution in [-0.4, -0.2) is 13.6 Å². The number of nitrogens with one attached hydrogen (secondary N) is 1. The zero-order chi connectivity index (χ0) is 13.9.